The van der Waals surface area contributed by atoms with Crippen LogP contribution in [0.1, 0.15) is 66.9 Å². The average Bonchev–Trinajstić information content (AvgIpc) is 3.25. The summed E-state index contributed by atoms with van der Waals surface area (Å²) < 4.78 is 5.25. The second-order valence-electron chi connectivity index (χ2n) is 7.16. The van der Waals surface area contributed by atoms with Crippen LogP contribution in [-0.2, 0) is 11.2 Å². The number of nitrogens with one attached hydrogen (secondary N) is 1. The minimum Gasteiger partial charge on any atom is -0.453 e. The molecule has 0 bridgehead atoms. The summed E-state index contributed by atoms with van der Waals surface area (Å²) in [4.78, 5) is 44.6. The maximum atomic E-state index is 12.5. The fourth-order valence-electron chi connectivity index (χ4n) is 3.42. The summed E-state index contributed by atoms with van der Waals surface area (Å²) in [6.45, 7) is 8.33. The molecule has 1 N–H and O–H groups in total. The lowest BCUT2D eigenvalue weighted by Gasteiger charge is -2.03. The molecular weight excluding hydrogens is 400 g/mol. The van der Waals surface area contributed by atoms with Gasteiger partial charge in [0.1, 0.15) is 9.88 Å². The Hall–Kier alpha value is -3.06. The van der Waals surface area contributed by atoms with Gasteiger partial charge in [-0.05, 0) is 45.2 Å². The SMILES string of the molecule is CCc1ccc(-c2nc(C)c(C(=O)OCC(=O)c3[nH]c(C)c(C(C)=O)c3C)s2)cc1. The number of rotatable bonds is 7. The minimum absolute atomic E-state index is 0.114. The summed E-state index contributed by atoms with van der Waals surface area (Å²) in [6, 6.07) is 8.05. The predicted molar refractivity (Wildman–Crippen MR) is 117 cm³/mol. The number of hydrogen-bond donors (Lipinski definition) is 1. The number of carbonyl (C=O) groups is 3. The van der Waals surface area contributed by atoms with E-state index in [1.54, 1.807) is 20.8 Å². The fraction of sp³-hybridized carbons (Fsp3) is 0.304. The lowest BCUT2D eigenvalue weighted by molar-refractivity contribution is 0.0477. The first-order chi connectivity index (χ1) is 14.2. The molecule has 0 aliphatic rings. The quantitative estimate of drug-likeness (QED) is 0.432. The van der Waals surface area contributed by atoms with Crippen molar-refractivity contribution in [1.29, 1.82) is 0 Å². The van der Waals surface area contributed by atoms with Gasteiger partial charge in [-0.3, -0.25) is 9.59 Å². The molecule has 0 fully saturated rings. The van der Waals surface area contributed by atoms with Gasteiger partial charge in [0, 0.05) is 16.8 Å². The maximum Gasteiger partial charge on any atom is 0.350 e. The predicted octanol–water partition coefficient (Wildman–Crippen LogP) is 4.87. The van der Waals surface area contributed by atoms with Gasteiger partial charge in [-0.2, -0.15) is 0 Å². The molecule has 3 rings (SSSR count). The molecule has 0 unspecified atom stereocenters. The van der Waals surface area contributed by atoms with Gasteiger partial charge in [-0.15, -0.1) is 11.3 Å². The molecule has 2 heterocycles. The van der Waals surface area contributed by atoms with Gasteiger partial charge in [-0.25, -0.2) is 9.78 Å². The first-order valence-electron chi connectivity index (χ1n) is 9.70. The lowest BCUT2D eigenvalue weighted by Crippen LogP contribution is -2.15. The topological polar surface area (TPSA) is 89.1 Å². The molecule has 0 radical (unpaired) electrons. The molecule has 0 atom stereocenters. The van der Waals surface area contributed by atoms with Crippen molar-refractivity contribution in [2.24, 2.45) is 0 Å². The number of thiazole rings is 1. The number of carbonyl (C=O) groups excluding carboxylic acids is 3. The Labute approximate surface area is 179 Å². The third kappa shape index (κ3) is 4.26. The van der Waals surface area contributed by atoms with Gasteiger partial charge in [-0.1, -0.05) is 31.2 Å². The summed E-state index contributed by atoms with van der Waals surface area (Å²) in [5.74, 6) is -1.08. The number of Topliss-reactive ketones (excluding diaryl/α,β-unsaturated/α-hetero) is 2. The van der Waals surface area contributed by atoms with E-state index in [9.17, 15) is 14.4 Å². The first kappa shape index (κ1) is 21.6. The minimum atomic E-state index is -0.581. The van der Waals surface area contributed by atoms with Crippen molar-refractivity contribution < 1.29 is 19.1 Å². The smallest absolute Gasteiger partial charge is 0.350 e. The standard InChI is InChI=1S/C23H24N2O4S/c1-6-16-7-9-17(10-8-16)22-25-14(4)21(30-22)23(28)29-11-18(27)20-12(2)19(15(5)26)13(3)24-20/h7-10,24H,6,11H2,1-5H3. The fourth-order valence-corrected chi connectivity index (χ4v) is 4.38. The van der Waals surface area contributed by atoms with Gasteiger partial charge < -0.3 is 9.72 Å². The third-order valence-corrected chi connectivity index (χ3v) is 6.18. The van der Waals surface area contributed by atoms with E-state index in [4.69, 9.17) is 4.74 Å². The maximum absolute atomic E-state index is 12.5. The average molecular weight is 425 g/mol. The molecule has 0 amide bonds. The Morgan fingerprint density at radius 2 is 1.77 bits per heavy atom. The molecule has 0 saturated heterocycles. The number of ether oxygens (including phenoxy) is 1. The number of ketones is 2. The molecule has 7 heteroatoms. The van der Waals surface area contributed by atoms with Crippen LogP contribution in [-0.4, -0.2) is 34.1 Å². The van der Waals surface area contributed by atoms with Crippen molar-refractivity contribution in [3.63, 3.8) is 0 Å². The lowest BCUT2D eigenvalue weighted by atomic mass is 10.1. The van der Waals surface area contributed by atoms with Crippen LogP contribution < -0.4 is 0 Å². The number of benzene rings is 1. The largest absolute Gasteiger partial charge is 0.453 e. The van der Waals surface area contributed by atoms with E-state index in [1.165, 1.54) is 23.8 Å². The molecule has 0 aliphatic heterocycles. The van der Waals surface area contributed by atoms with Crippen molar-refractivity contribution >= 4 is 28.9 Å². The van der Waals surface area contributed by atoms with Crippen molar-refractivity contribution in [2.75, 3.05) is 6.61 Å². The van der Waals surface area contributed by atoms with E-state index in [0.717, 1.165) is 17.0 Å². The van der Waals surface area contributed by atoms with E-state index in [2.05, 4.69) is 16.9 Å². The first-order valence-corrected chi connectivity index (χ1v) is 10.5. The summed E-state index contributed by atoms with van der Waals surface area (Å²) in [7, 11) is 0. The summed E-state index contributed by atoms with van der Waals surface area (Å²) in [6.07, 6.45) is 0.955. The number of aromatic nitrogens is 2. The zero-order valence-electron chi connectivity index (χ0n) is 17.7. The van der Waals surface area contributed by atoms with E-state index in [1.807, 2.05) is 24.3 Å². The Morgan fingerprint density at radius 3 is 2.33 bits per heavy atom. The van der Waals surface area contributed by atoms with Crippen LogP contribution in [0.4, 0.5) is 0 Å². The molecule has 156 valence electrons. The van der Waals surface area contributed by atoms with Crippen LogP contribution in [0.2, 0.25) is 0 Å². The van der Waals surface area contributed by atoms with Gasteiger partial charge in [0.15, 0.2) is 12.4 Å². The highest BCUT2D eigenvalue weighted by Crippen LogP contribution is 2.29. The Kier molecular flexibility index (Phi) is 6.31. The Balaban J connectivity index is 1.72. The van der Waals surface area contributed by atoms with E-state index < -0.39 is 12.6 Å². The van der Waals surface area contributed by atoms with Crippen LogP contribution in [0.15, 0.2) is 24.3 Å². The summed E-state index contributed by atoms with van der Waals surface area (Å²) in [5.41, 5.74) is 4.74. The zero-order chi connectivity index (χ0) is 22.0. The van der Waals surface area contributed by atoms with Crippen molar-refractivity contribution in [3.05, 3.63) is 62.9 Å². The number of aromatic amines is 1. The number of aryl methyl sites for hydroxylation is 3. The zero-order valence-corrected chi connectivity index (χ0v) is 18.5. The molecular formula is C23H24N2O4S. The summed E-state index contributed by atoms with van der Waals surface area (Å²) in [5, 5.41) is 0.732. The molecule has 0 spiro atoms. The monoisotopic (exact) mass is 424 g/mol. The van der Waals surface area contributed by atoms with E-state index in [0.29, 0.717) is 33.1 Å². The van der Waals surface area contributed by atoms with Crippen molar-refractivity contribution in [1.82, 2.24) is 9.97 Å². The van der Waals surface area contributed by atoms with E-state index >= 15 is 0 Å². The van der Waals surface area contributed by atoms with Crippen LogP contribution in [0.5, 0.6) is 0 Å². The van der Waals surface area contributed by atoms with Gasteiger partial charge in [0.2, 0.25) is 5.78 Å². The Morgan fingerprint density at radius 1 is 1.10 bits per heavy atom. The van der Waals surface area contributed by atoms with Crippen molar-refractivity contribution in [2.45, 2.75) is 41.0 Å². The number of nitrogens with zero attached hydrogens (tertiary/aromatic N) is 1. The van der Waals surface area contributed by atoms with Crippen LogP contribution in [0, 0.1) is 20.8 Å². The normalized spacial score (nSPS) is 10.8. The van der Waals surface area contributed by atoms with Crippen LogP contribution in [0.25, 0.3) is 10.6 Å². The highest BCUT2D eigenvalue weighted by atomic mass is 32.1. The number of H-pyrrole nitrogens is 1. The highest BCUT2D eigenvalue weighted by molar-refractivity contribution is 7.17. The molecule has 6 nitrogen and oxygen atoms in total. The van der Waals surface area contributed by atoms with E-state index in [-0.39, 0.29) is 11.6 Å². The molecule has 0 aliphatic carbocycles. The van der Waals surface area contributed by atoms with Crippen LogP contribution >= 0.6 is 11.3 Å². The highest BCUT2D eigenvalue weighted by Gasteiger charge is 2.23. The van der Waals surface area contributed by atoms with Gasteiger partial charge in [0.25, 0.3) is 0 Å². The number of hydrogen-bond acceptors (Lipinski definition) is 6. The molecule has 2 aromatic heterocycles. The molecule has 3 aromatic rings. The van der Waals surface area contributed by atoms with Gasteiger partial charge in [0.05, 0.1) is 11.4 Å². The third-order valence-electron chi connectivity index (χ3n) is 4.99. The van der Waals surface area contributed by atoms with Crippen LogP contribution in [0.3, 0.4) is 0 Å². The van der Waals surface area contributed by atoms with Gasteiger partial charge >= 0.3 is 5.97 Å². The van der Waals surface area contributed by atoms with Crippen molar-refractivity contribution in [3.8, 4) is 10.6 Å². The summed E-state index contributed by atoms with van der Waals surface area (Å²) >= 11 is 1.25. The molecule has 0 saturated carbocycles. The second-order valence-corrected chi connectivity index (χ2v) is 8.16. The number of esters is 1. The second kappa shape index (κ2) is 8.75. The Bertz CT molecular complexity index is 1120. The molecule has 1 aromatic carbocycles. The molecule has 30 heavy (non-hydrogen) atoms.